The fourth-order valence-corrected chi connectivity index (χ4v) is 4.35. The van der Waals surface area contributed by atoms with Crippen LogP contribution < -0.4 is 5.32 Å². The lowest BCUT2D eigenvalue weighted by atomic mass is 10.1. The molecule has 0 saturated carbocycles. The maximum absolute atomic E-state index is 12.1. The van der Waals surface area contributed by atoms with E-state index < -0.39 is 9.84 Å². The molecule has 0 aliphatic carbocycles. The molecule has 106 valence electrons. The van der Waals surface area contributed by atoms with Gasteiger partial charge in [0.25, 0.3) is 5.91 Å². The zero-order valence-corrected chi connectivity index (χ0v) is 12.3. The molecule has 6 heteroatoms. The van der Waals surface area contributed by atoms with Crippen molar-refractivity contribution in [3.63, 3.8) is 0 Å². The van der Waals surface area contributed by atoms with Crippen molar-refractivity contribution in [3.8, 4) is 0 Å². The highest BCUT2D eigenvalue weighted by Gasteiger charge is 2.28. The quantitative estimate of drug-likeness (QED) is 0.910. The summed E-state index contributed by atoms with van der Waals surface area (Å²) in [6.07, 6.45) is 0.630. The van der Waals surface area contributed by atoms with Gasteiger partial charge in [0.2, 0.25) is 0 Å². The Balaban J connectivity index is 1.99. The first-order valence-corrected chi connectivity index (χ1v) is 8.17. The number of carbonyl (C=O) groups excluding carboxylic acids is 1. The van der Waals surface area contributed by atoms with Crippen molar-refractivity contribution in [1.29, 1.82) is 0 Å². The number of amides is 1. The van der Waals surface area contributed by atoms with Gasteiger partial charge in [0.15, 0.2) is 9.84 Å². The Labute approximate surface area is 113 Å². The summed E-state index contributed by atoms with van der Waals surface area (Å²) in [5.41, 5.74) is 1.41. The summed E-state index contributed by atoms with van der Waals surface area (Å²) >= 11 is 0. The topological polar surface area (TPSA) is 76.4 Å². The smallest absolute Gasteiger partial charge is 0.255 e. The molecular weight excluding hydrogens is 266 g/mol. The molecule has 1 amide bonds. The largest absolute Gasteiger partial charge is 0.466 e. The first-order chi connectivity index (χ1) is 8.80. The summed E-state index contributed by atoms with van der Waals surface area (Å²) in [7, 11) is -2.89. The summed E-state index contributed by atoms with van der Waals surface area (Å²) < 4.78 is 28.1. The standard InChI is InChI=1S/C13H19NO4S/c1-8-9(2)18-10(3)12(8)13(15)14-6-11-4-5-19(16,17)7-11/h11H,4-7H2,1-3H3,(H,14,15)/t11-/m1/s1. The number of nitrogens with one attached hydrogen (secondary N) is 1. The molecule has 0 unspecified atom stereocenters. The van der Waals surface area contributed by atoms with Crippen LogP contribution >= 0.6 is 0 Å². The molecular formula is C13H19NO4S. The van der Waals surface area contributed by atoms with Crippen LogP contribution in [0.3, 0.4) is 0 Å². The van der Waals surface area contributed by atoms with Crippen LogP contribution in [0.1, 0.15) is 33.9 Å². The molecule has 1 aromatic heterocycles. The Morgan fingerprint density at radius 3 is 2.47 bits per heavy atom. The van der Waals surface area contributed by atoms with E-state index in [1.54, 1.807) is 6.92 Å². The minimum absolute atomic E-state index is 0.0301. The molecule has 1 aliphatic rings. The molecule has 1 N–H and O–H groups in total. The van der Waals surface area contributed by atoms with Crippen molar-refractivity contribution in [2.45, 2.75) is 27.2 Å². The molecule has 0 radical (unpaired) electrons. The van der Waals surface area contributed by atoms with Crippen molar-refractivity contribution in [3.05, 3.63) is 22.6 Å². The second kappa shape index (κ2) is 5.00. The van der Waals surface area contributed by atoms with Crippen LogP contribution in [0.25, 0.3) is 0 Å². The third-order valence-corrected chi connectivity index (χ3v) is 5.50. The zero-order valence-electron chi connectivity index (χ0n) is 11.4. The SMILES string of the molecule is Cc1oc(C)c(C(=O)NC[C@H]2CCS(=O)(=O)C2)c1C. The second-order valence-corrected chi connectivity index (χ2v) is 7.42. The molecule has 1 aliphatic heterocycles. The van der Waals surface area contributed by atoms with Gasteiger partial charge in [0.1, 0.15) is 11.5 Å². The fraction of sp³-hybridized carbons (Fsp3) is 0.615. The molecule has 2 rings (SSSR count). The van der Waals surface area contributed by atoms with E-state index in [1.165, 1.54) is 0 Å². The average Bonchev–Trinajstić information content (AvgIpc) is 2.77. The summed E-state index contributed by atoms with van der Waals surface area (Å²) in [4.78, 5) is 12.1. The predicted molar refractivity (Wildman–Crippen MR) is 72.0 cm³/mol. The lowest BCUT2D eigenvalue weighted by Gasteiger charge is -2.09. The van der Waals surface area contributed by atoms with E-state index in [2.05, 4.69) is 5.32 Å². The van der Waals surface area contributed by atoms with Gasteiger partial charge in [-0.05, 0) is 33.1 Å². The number of aryl methyl sites for hydroxylation is 2. The maximum Gasteiger partial charge on any atom is 0.255 e. The highest BCUT2D eigenvalue weighted by atomic mass is 32.2. The number of hydrogen-bond donors (Lipinski definition) is 1. The molecule has 0 bridgehead atoms. The number of carbonyl (C=O) groups is 1. The first kappa shape index (κ1) is 14.1. The van der Waals surface area contributed by atoms with Gasteiger partial charge in [-0.2, -0.15) is 0 Å². The Kier molecular flexibility index (Phi) is 3.71. The van der Waals surface area contributed by atoms with Crippen LogP contribution in [0.15, 0.2) is 4.42 Å². The number of hydrogen-bond acceptors (Lipinski definition) is 4. The van der Waals surface area contributed by atoms with E-state index in [1.807, 2.05) is 13.8 Å². The average molecular weight is 285 g/mol. The molecule has 5 nitrogen and oxygen atoms in total. The highest BCUT2D eigenvalue weighted by molar-refractivity contribution is 7.91. The van der Waals surface area contributed by atoms with Gasteiger partial charge in [-0.25, -0.2) is 8.42 Å². The molecule has 19 heavy (non-hydrogen) atoms. The fourth-order valence-electron chi connectivity index (χ4n) is 2.49. The van der Waals surface area contributed by atoms with Gasteiger partial charge in [-0.1, -0.05) is 0 Å². The number of sulfone groups is 1. The van der Waals surface area contributed by atoms with Crippen LogP contribution in [0.4, 0.5) is 0 Å². The van der Waals surface area contributed by atoms with E-state index in [-0.39, 0.29) is 23.3 Å². The predicted octanol–water partition coefficient (Wildman–Crippen LogP) is 1.37. The minimum Gasteiger partial charge on any atom is -0.466 e. The number of rotatable bonds is 3. The molecule has 0 spiro atoms. The van der Waals surface area contributed by atoms with Crippen LogP contribution in [-0.2, 0) is 9.84 Å². The van der Waals surface area contributed by atoms with Gasteiger partial charge >= 0.3 is 0 Å². The van der Waals surface area contributed by atoms with Crippen molar-refractivity contribution in [1.82, 2.24) is 5.32 Å². The van der Waals surface area contributed by atoms with Crippen molar-refractivity contribution >= 4 is 15.7 Å². The Bertz CT molecular complexity index is 600. The third kappa shape index (κ3) is 3.00. The van der Waals surface area contributed by atoms with E-state index in [9.17, 15) is 13.2 Å². The summed E-state index contributed by atoms with van der Waals surface area (Å²) in [5.74, 6) is 1.60. The van der Waals surface area contributed by atoms with Gasteiger partial charge < -0.3 is 9.73 Å². The Morgan fingerprint density at radius 1 is 1.32 bits per heavy atom. The Morgan fingerprint density at radius 2 is 2.00 bits per heavy atom. The molecule has 1 atom stereocenters. The van der Waals surface area contributed by atoms with Crippen LogP contribution in [-0.4, -0.2) is 32.4 Å². The van der Waals surface area contributed by atoms with E-state index in [0.29, 0.717) is 24.3 Å². The lowest BCUT2D eigenvalue weighted by Crippen LogP contribution is -2.30. The van der Waals surface area contributed by atoms with Gasteiger partial charge in [0.05, 0.1) is 17.1 Å². The van der Waals surface area contributed by atoms with Crippen molar-refractivity contribution < 1.29 is 17.6 Å². The van der Waals surface area contributed by atoms with Gasteiger partial charge in [-0.3, -0.25) is 4.79 Å². The molecule has 1 saturated heterocycles. The van der Waals surface area contributed by atoms with Gasteiger partial charge in [0, 0.05) is 12.1 Å². The van der Waals surface area contributed by atoms with Crippen LogP contribution in [0.2, 0.25) is 0 Å². The molecule has 2 heterocycles. The third-order valence-electron chi connectivity index (χ3n) is 3.67. The first-order valence-electron chi connectivity index (χ1n) is 6.35. The minimum atomic E-state index is -2.89. The van der Waals surface area contributed by atoms with Gasteiger partial charge in [-0.15, -0.1) is 0 Å². The monoisotopic (exact) mass is 285 g/mol. The zero-order chi connectivity index (χ0) is 14.2. The van der Waals surface area contributed by atoms with E-state index in [4.69, 9.17) is 4.42 Å². The highest BCUT2D eigenvalue weighted by Crippen LogP contribution is 2.21. The summed E-state index contributed by atoms with van der Waals surface area (Å²) in [6, 6.07) is 0. The maximum atomic E-state index is 12.1. The number of furan rings is 1. The van der Waals surface area contributed by atoms with Crippen molar-refractivity contribution in [2.75, 3.05) is 18.1 Å². The molecule has 1 aromatic rings. The van der Waals surface area contributed by atoms with E-state index >= 15 is 0 Å². The molecule has 1 fully saturated rings. The Hall–Kier alpha value is -1.30. The van der Waals surface area contributed by atoms with Crippen LogP contribution in [0, 0.1) is 26.7 Å². The summed E-state index contributed by atoms with van der Waals surface area (Å²) in [5, 5.41) is 2.81. The van der Waals surface area contributed by atoms with Crippen molar-refractivity contribution in [2.24, 2.45) is 5.92 Å². The summed E-state index contributed by atoms with van der Waals surface area (Å²) in [6.45, 7) is 5.83. The normalized spacial score (nSPS) is 21.5. The van der Waals surface area contributed by atoms with Crippen LogP contribution in [0.5, 0.6) is 0 Å². The second-order valence-electron chi connectivity index (χ2n) is 5.19. The lowest BCUT2D eigenvalue weighted by molar-refractivity contribution is 0.0946. The van der Waals surface area contributed by atoms with E-state index in [0.717, 1.165) is 11.3 Å². The molecule has 0 aromatic carbocycles.